The molecule has 0 saturated heterocycles. The van der Waals surface area contributed by atoms with Gasteiger partial charge in [0.1, 0.15) is 5.82 Å². The Bertz CT molecular complexity index is 410. The van der Waals surface area contributed by atoms with Crippen LogP contribution in [0.2, 0.25) is 0 Å². The molecule has 1 aliphatic heterocycles. The fourth-order valence-electron chi connectivity index (χ4n) is 1.41. The molecule has 16 heavy (non-hydrogen) atoms. The van der Waals surface area contributed by atoms with Crippen molar-refractivity contribution >= 4 is 17.6 Å². The van der Waals surface area contributed by atoms with Crippen LogP contribution < -0.4 is 5.32 Å². The number of hydrogen-bond donors (Lipinski definition) is 1. The van der Waals surface area contributed by atoms with Crippen LogP contribution >= 0.6 is 0 Å². The first kappa shape index (κ1) is 10.4. The van der Waals surface area contributed by atoms with Gasteiger partial charge < -0.3 is 5.32 Å². The number of carbonyl (C=O) groups excluding carboxylic acids is 2. The van der Waals surface area contributed by atoms with Crippen LogP contribution in [0.4, 0.5) is 5.82 Å². The molecule has 0 spiro atoms. The molecular formula is C11H11N3O2. The Labute approximate surface area is 92.8 Å². The van der Waals surface area contributed by atoms with Gasteiger partial charge in [0.2, 0.25) is 0 Å². The Morgan fingerprint density at radius 3 is 2.56 bits per heavy atom. The van der Waals surface area contributed by atoms with Gasteiger partial charge in [0.15, 0.2) is 0 Å². The predicted octanol–water partition coefficient (Wildman–Crippen LogP) is 0.418. The molecule has 5 heteroatoms. The Morgan fingerprint density at radius 2 is 1.94 bits per heavy atom. The molecule has 1 aromatic rings. The monoisotopic (exact) mass is 217 g/mol. The van der Waals surface area contributed by atoms with Gasteiger partial charge in [-0.25, -0.2) is 4.98 Å². The minimum atomic E-state index is -0.257. The van der Waals surface area contributed by atoms with Gasteiger partial charge in [0.05, 0.1) is 0 Å². The number of imide groups is 1. The lowest BCUT2D eigenvalue weighted by molar-refractivity contribution is -0.136. The summed E-state index contributed by atoms with van der Waals surface area (Å²) in [5.41, 5.74) is 0. The van der Waals surface area contributed by atoms with Gasteiger partial charge in [-0.1, -0.05) is 6.07 Å². The number of nitrogens with zero attached hydrogens (tertiary/aromatic N) is 2. The highest BCUT2D eigenvalue weighted by atomic mass is 16.2. The van der Waals surface area contributed by atoms with Crippen molar-refractivity contribution in [2.24, 2.45) is 0 Å². The van der Waals surface area contributed by atoms with Crippen LogP contribution in [-0.4, -0.2) is 34.8 Å². The fraction of sp³-hybridized carbons (Fsp3) is 0.182. The molecule has 0 unspecified atom stereocenters. The van der Waals surface area contributed by atoms with Crippen LogP contribution in [0.25, 0.3) is 0 Å². The summed E-state index contributed by atoms with van der Waals surface area (Å²) in [6, 6.07) is 5.51. The first-order valence-corrected chi connectivity index (χ1v) is 4.96. The second kappa shape index (κ2) is 4.57. The number of aromatic nitrogens is 1. The van der Waals surface area contributed by atoms with Crippen LogP contribution in [0.1, 0.15) is 0 Å². The number of nitrogens with one attached hydrogen (secondary N) is 1. The van der Waals surface area contributed by atoms with Gasteiger partial charge in [0.25, 0.3) is 11.8 Å². The summed E-state index contributed by atoms with van der Waals surface area (Å²) in [5, 5.41) is 3.03. The van der Waals surface area contributed by atoms with Gasteiger partial charge >= 0.3 is 0 Å². The molecule has 2 amide bonds. The highest BCUT2D eigenvalue weighted by Gasteiger charge is 2.22. The van der Waals surface area contributed by atoms with Crippen molar-refractivity contribution in [1.29, 1.82) is 0 Å². The van der Waals surface area contributed by atoms with Crippen molar-refractivity contribution in [2.75, 3.05) is 18.4 Å². The maximum absolute atomic E-state index is 11.2. The number of anilines is 1. The molecule has 0 saturated carbocycles. The van der Waals surface area contributed by atoms with Crippen LogP contribution in [0.3, 0.4) is 0 Å². The summed E-state index contributed by atoms with van der Waals surface area (Å²) >= 11 is 0. The van der Waals surface area contributed by atoms with E-state index >= 15 is 0 Å². The molecule has 2 heterocycles. The van der Waals surface area contributed by atoms with E-state index in [4.69, 9.17) is 0 Å². The molecule has 1 N–H and O–H groups in total. The first-order valence-electron chi connectivity index (χ1n) is 4.96. The second-order valence-electron chi connectivity index (χ2n) is 3.30. The zero-order chi connectivity index (χ0) is 11.4. The topological polar surface area (TPSA) is 62.3 Å². The Hall–Kier alpha value is -2.17. The third-order valence-electron chi connectivity index (χ3n) is 2.21. The zero-order valence-electron chi connectivity index (χ0n) is 8.59. The molecule has 0 aliphatic carbocycles. The van der Waals surface area contributed by atoms with E-state index in [-0.39, 0.29) is 11.8 Å². The summed E-state index contributed by atoms with van der Waals surface area (Å²) in [4.78, 5) is 27.7. The summed E-state index contributed by atoms with van der Waals surface area (Å²) in [6.07, 6.45) is 4.24. The standard InChI is InChI=1S/C11H11N3O2/c15-10-4-5-11(16)14(10)8-7-13-9-3-1-2-6-12-9/h1-6H,7-8H2,(H,12,13). The normalized spacial score (nSPS) is 14.6. The molecule has 0 radical (unpaired) electrons. The van der Waals surface area contributed by atoms with Crippen LogP contribution in [0.15, 0.2) is 36.5 Å². The van der Waals surface area contributed by atoms with E-state index in [2.05, 4.69) is 10.3 Å². The predicted molar refractivity (Wildman–Crippen MR) is 58.6 cm³/mol. The van der Waals surface area contributed by atoms with Gasteiger partial charge in [-0.3, -0.25) is 14.5 Å². The van der Waals surface area contributed by atoms with E-state index < -0.39 is 0 Å². The average molecular weight is 217 g/mol. The maximum Gasteiger partial charge on any atom is 0.253 e. The van der Waals surface area contributed by atoms with Crippen LogP contribution in [-0.2, 0) is 9.59 Å². The zero-order valence-corrected chi connectivity index (χ0v) is 8.59. The number of carbonyl (C=O) groups is 2. The number of hydrogen-bond acceptors (Lipinski definition) is 4. The number of amides is 2. The van der Waals surface area contributed by atoms with Gasteiger partial charge in [0, 0.05) is 31.4 Å². The molecule has 0 fully saturated rings. The van der Waals surface area contributed by atoms with E-state index in [1.54, 1.807) is 6.20 Å². The maximum atomic E-state index is 11.2. The molecular weight excluding hydrogens is 206 g/mol. The van der Waals surface area contributed by atoms with Crippen molar-refractivity contribution in [3.63, 3.8) is 0 Å². The Balaban J connectivity index is 1.81. The number of rotatable bonds is 4. The minimum absolute atomic E-state index is 0.257. The SMILES string of the molecule is O=C1C=CC(=O)N1CCNc1ccccn1. The molecule has 0 aromatic carbocycles. The average Bonchev–Trinajstić information content (AvgIpc) is 2.62. The third-order valence-corrected chi connectivity index (χ3v) is 2.21. The Kier molecular flexibility index (Phi) is 2.95. The lowest BCUT2D eigenvalue weighted by Crippen LogP contribution is -2.34. The molecule has 2 rings (SSSR count). The quantitative estimate of drug-likeness (QED) is 0.742. The summed E-state index contributed by atoms with van der Waals surface area (Å²) < 4.78 is 0. The highest BCUT2D eigenvalue weighted by Crippen LogP contribution is 2.03. The summed E-state index contributed by atoms with van der Waals surface area (Å²) in [5.74, 6) is 0.218. The van der Waals surface area contributed by atoms with Crippen LogP contribution in [0, 0.1) is 0 Å². The number of pyridine rings is 1. The van der Waals surface area contributed by atoms with Crippen LogP contribution in [0.5, 0.6) is 0 Å². The lowest BCUT2D eigenvalue weighted by Gasteiger charge is -2.13. The van der Waals surface area contributed by atoms with Crippen molar-refractivity contribution in [1.82, 2.24) is 9.88 Å². The van der Waals surface area contributed by atoms with Crippen molar-refractivity contribution in [3.05, 3.63) is 36.5 Å². The smallest absolute Gasteiger partial charge is 0.253 e. The molecule has 0 atom stereocenters. The van der Waals surface area contributed by atoms with Crippen molar-refractivity contribution < 1.29 is 9.59 Å². The first-order chi connectivity index (χ1) is 7.77. The van der Waals surface area contributed by atoms with E-state index in [0.29, 0.717) is 13.1 Å². The minimum Gasteiger partial charge on any atom is -0.368 e. The van der Waals surface area contributed by atoms with Gasteiger partial charge in [-0.15, -0.1) is 0 Å². The molecule has 1 aromatic heterocycles. The highest BCUT2D eigenvalue weighted by molar-refractivity contribution is 6.12. The summed E-state index contributed by atoms with van der Waals surface area (Å²) in [6.45, 7) is 0.845. The van der Waals surface area contributed by atoms with Crippen molar-refractivity contribution in [3.8, 4) is 0 Å². The Morgan fingerprint density at radius 1 is 1.19 bits per heavy atom. The fourth-order valence-corrected chi connectivity index (χ4v) is 1.41. The third kappa shape index (κ3) is 2.25. The second-order valence-corrected chi connectivity index (χ2v) is 3.30. The van der Waals surface area contributed by atoms with E-state index in [1.165, 1.54) is 17.1 Å². The lowest BCUT2D eigenvalue weighted by atomic mass is 10.4. The molecule has 1 aliphatic rings. The van der Waals surface area contributed by atoms with Gasteiger partial charge in [-0.05, 0) is 12.1 Å². The summed E-state index contributed by atoms with van der Waals surface area (Å²) in [7, 11) is 0. The molecule has 5 nitrogen and oxygen atoms in total. The van der Waals surface area contributed by atoms with E-state index in [9.17, 15) is 9.59 Å². The molecule has 0 bridgehead atoms. The van der Waals surface area contributed by atoms with Gasteiger partial charge in [-0.2, -0.15) is 0 Å². The molecule has 82 valence electrons. The largest absolute Gasteiger partial charge is 0.368 e. The van der Waals surface area contributed by atoms with E-state index in [1.807, 2.05) is 18.2 Å². The van der Waals surface area contributed by atoms with E-state index in [0.717, 1.165) is 5.82 Å². The van der Waals surface area contributed by atoms with Crippen molar-refractivity contribution in [2.45, 2.75) is 0 Å².